The smallest absolute Gasteiger partial charge is 0.232 e. The third-order valence-corrected chi connectivity index (χ3v) is 5.33. The topological polar surface area (TPSA) is 88.2 Å². The second kappa shape index (κ2) is 10.7. The molecule has 3 heterocycles. The van der Waals surface area contributed by atoms with Crippen molar-refractivity contribution in [1.82, 2.24) is 25.3 Å². The summed E-state index contributed by atoms with van der Waals surface area (Å²) in [6, 6.07) is 6.19. The number of guanidine groups is 1. The molecule has 2 aliphatic heterocycles. The van der Waals surface area contributed by atoms with Crippen molar-refractivity contribution in [2.75, 3.05) is 39.5 Å². The van der Waals surface area contributed by atoms with Gasteiger partial charge in [-0.3, -0.25) is 4.90 Å². The number of fused-ring (bicyclic) bond motifs is 1. The number of benzene rings is 1. The van der Waals surface area contributed by atoms with Crippen molar-refractivity contribution in [1.29, 1.82) is 0 Å². The summed E-state index contributed by atoms with van der Waals surface area (Å²) in [5.74, 6) is 3.82. The summed E-state index contributed by atoms with van der Waals surface area (Å²) in [6.45, 7) is 14.4. The molecule has 0 aliphatic carbocycles. The van der Waals surface area contributed by atoms with Gasteiger partial charge in [0.2, 0.25) is 12.7 Å². The van der Waals surface area contributed by atoms with Crippen LogP contribution in [-0.2, 0) is 18.5 Å². The molecule has 32 heavy (non-hydrogen) atoms. The number of rotatable bonds is 5. The van der Waals surface area contributed by atoms with Gasteiger partial charge in [-0.25, -0.2) is 4.99 Å². The maximum Gasteiger partial charge on any atom is 0.232 e. The quantitative estimate of drug-likeness (QED) is 0.342. The first-order chi connectivity index (χ1) is 14.9. The first-order valence-electron chi connectivity index (χ1n) is 10.9. The molecule has 9 nitrogen and oxygen atoms in total. The molecule has 2 aromatic rings. The Morgan fingerprint density at radius 2 is 1.88 bits per heavy atom. The summed E-state index contributed by atoms with van der Waals surface area (Å²) in [5.41, 5.74) is 1.08. The van der Waals surface area contributed by atoms with E-state index in [0.29, 0.717) is 25.1 Å². The Morgan fingerprint density at radius 3 is 2.56 bits per heavy atom. The lowest BCUT2D eigenvalue weighted by molar-refractivity contribution is 0.171. The highest BCUT2D eigenvalue weighted by Gasteiger charge is 2.23. The van der Waals surface area contributed by atoms with Gasteiger partial charge in [-0.2, -0.15) is 4.98 Å². The van der Waals surface area contributed by atoms with E-state index in [1.54, 1.807) is 0 Å². The normalized spacial score (nSPS) is 16.8. The number of ether oxygens (including phenoxy) is 2. The van der Waals surface area contributed by atoms with Crippen LogP contribution in [0.4, 0.5) is 0 Å². The monoisotopic (exact) mass is 556 g/mol. The maximum atomic E-state index is 5.50. The Hall–Kier alpha value is -2.08. The van der Waals surface area contributed by atoms with Gasteiger partial charge in [0, 0.05) is 44.7 Å². The number of hydrogen-bond acceptors (Lipinski definition) is 7. The molecule has 10 heteroatoms. The van der Waals surface area contributed by atoms with Gasteiger partial charge in [-0.1, -0.05) is 32.0 Å². The zero-order valence-electron chi connectivity index (χ0n) is 19.3. The van der Waals surface area contributed by atoms with Gasteiger partial charge in [0.05, 0.1) is 0 Å². The average Bonchev–Trinajstić information content (AvgIpc) is 3.41. The fourth-order valence-corrected chi connectivity index (χ4v) is 3.61. The summed E-state index contributed by atoms with van der Waals surface area (Å²) in [5, 5.41) is 7.47. The number of aliphatic imine (C=N–C) groups is 1. The summed E-state index contributed by atoms with van der Waals surface area (Å²) < 4.78 is 16.3. The molecular weight excluding hydrogens is 523 g/mol. The molecule has 1 aromatic carbocycles. The summed E-state index contributed by atoms with van der Waals surface area (Å²) in [6.07, 6.45) is 0. The third kappa shape index (κ3) is 6.03. The molecule has 1 N–H and O–H groups in total. The molecule has 0 unspecified atom stereocenters. The van der Waals surface area contributed by atoms with Crippen molar-refractivity contribution in [3.63, 3.8) is 0 Å². The van der Waals surface area contributed by atoms with Gasteiger partial charge in [0.1, 0.15) is 6.54 Å². The molecule has 0 spiro atoms. The summed E-state index contributed by atoms with van der Waals surface area (Å²) in [7, 11) is 0. The Morgan fingerprint density at radius 1 is 1.12 bits per heavy atom. The number of aromatic nitrogens is 2. The molecule has 1 fully saturated rings. The van der Waals surface area contributed by atoms with Crippen LogP contribution in [0.2, 0.25) is 0 Å². The minimum absolute atomic E-state index is 0. The zero-order chi connectivity index (χ0) is 21.8. The predicted octanol–water partition coefficient (Wildman–Crippen LogP) is 3.00. The molecule has 0 bridgehead atoms. The van der Waals surface area contributed by atoms with Crippen LogP contribution in [0.5, 0.6) is 11.5 Å². The van der Waals surface area contributed by atoms with Crippen LogP contribution in [0.15, 0.2) is 27.7 Å². The van der Waals surface area contributed by atoms with Crippen LogP contribution in [0.3, 0.4) is 0 Å². The van der Waals surface area contributed by atoms with Gasteiger partial charge in [0.15, 0.2) is 23.3 Å². The van der Waals surface area contributed by atoms with E-state index < -0.39 is 0 Å². The fraction of sp³-hybridized carbons (Fsp3) is 0.591. The second-order valence-corrected chi connectivity index (χ2v) is 8.89. The van der Waals surface area contributed by atoms with Crippen LogP contribution in [-0.4, -0.2) is 65.4 Å². The van der Waals surface area contributed by atoms with E-state index in [0.717, 1.165) is 56.7 Å². The van der Waals surface area contributed by atoms with E-state index in [4.69, 9.17) is 19.0 Å². The minimum atomic E-state index is -0.159. The van der Waals surface area contributed by atoms with Crippen molar-refractivity contribution in [3.8, 4) is 11.5 Å². The molecular formula is C22H33IN6O3. The van der Waals surface area contributed by atoms with Gasteiger partial charge in [0.25, 0.3) is 0 Å². The predicted molar refractivity (Wildman–Crippen MR) is 133 cm³/mol. The second-order valence-electron chi connectivity index (χ2n) is 8.89. The average molecular weight is 556 g/mol. The largest absolute Gasteiger partial charge is 0.454 e. The Balaban J connectivity index is 0.00000289. The van der Waals surface area contributed by atoms with Crippen LogP contribution < -0.4 is 14.8 Å². The lowest BCUT2D eigenvalue weighted by Gasteiger charge is -2.36. The fourth-order valence-electron chi connectivity index (χ4n) is 3.61. The van der Waals surface area contributed by atoms with Gasteiger partial charge in [-0.15, -0.1) is 24.0 Å². The number of hydrogen-bond donors (Lipinski definition) is 1. The van der Waals surface area contributed by atoms with Crippen molar-refractivity contribution >= 4 is 29.9 Å². The first-order valence-corrected chi connectivity index (χ1v) is 10.9. The lowest BCUT2D eigenvalue weighted by atomic mass is 9.97. The SMILES string of the molecule is CCNC(=NCc1noc(C(C)(C)C)n1)N1CCN(Cc2ccc3c(c2)OCO3)CC1.I. The highest BCUT2D eigenvalue weighted by molar-refractivity contribution is 14.0. The van der Waals surface area contributed by atoms with Crippen molar-refractivity contribution in [3.05, 3.63) is 35.5 Å². The first kappa shape index (κ1) is 24.6. The Kier molecular flexibility index (Phi) is 8.21. The van der Waals surface area contributed by atoms with Crippen LogP contribution in [0.25, 0.3) is 0 Å². The van der Waals surface area contributed by atoms with E-state index in [9.17, 15) is 0 Å². The number of piperazine rings is 1. The standard InChI is InChI=1S/C22H32N6O3.HI/c1-5-23-21(24-13-19-25-20(31-26-19)22(2,3)4)28-10-8-27(9-11-28)14-16-6-7-17-18(12-16)30-15-29-17;/h6-7,12H,5,8-11,13-15H2,1-4H3,(H,23,24);1H. The lowest BCUT2D eigenvalue weighted by Crippen LogP contribution is -2.52. The molecule has 0 saturated carbocycles. The zero-order valence-corrected chi connectivity index (χ0v) is 21.6. The molecule has 2 aliphatic rings. The van der Waals surface area contributed by atoms with E-state index in [1.807, 2.05) is 6.07 Å². The van der Waals surface area contributed by atoms with Crippen molar-refractivity contribution < 1.29 is 14.0 Å². The number of nitrogens with one attached hydrogen (secondary N) is 1. The Labute approximate surface area is 206 Å². The summed E-state index contributed by atoms with van der Waals surface area (Å²) in [4.78, 5) is 14.0. The van der Waals surface area contributed by atoms with E-state index in [2.05, 4.69) is 65.1 Å². The molecule has 0 radical (unpaired) electrons. The van der Waals surface area contributed by atoms with E-state index >= 15 is 0 Å². The van der Waals surface area contributed by atoms with Gasteiger partial charge < -0.3 is 24.2 Å². The number of halogens is 1. The van der Waals surface area contributed by atoms with Crippen LogP contribution >= 0.6 is 24.0 Å². The molecule has 176 valence electrons. The molecule has 0 amide bonds. The van der Waals surface area contributed by atoms with Gasteiger partial charge in [-0.05, 0) is 24.6 Å². The minimum Gasteiger partial charge on any atom is -0.454 e. The number of nitrogens with zero attached hydrogens (tertiary/aromatic N) is 5. The Bertz CT molecular complexity index is 919. The van der Waals surface area contributed by atoms with E-state index in [1.165, 1.54) is 5.56 Å². The van der Waals surface area contributed by atoms with Crippen LogP contribution in [0, 0.1) is 0 Å². The maximum absolute atomic E-state index is 5.50. The van der Waals surface area contributed by atoms with Crippen molar-refractivity contribution in [2.24, 2.45) is 4.99 Å². The highest BCUT2D eigenvalue weighted by Crippen LogP contribution is 2.32. The molecule has 4 rings (SSSR count). The summed E-state index contributed by atoms with van der Waals surface area (Å²) >= 11 is 0. The molecule has 0 atom stereocenters. The molecule has 1 saturated heterocycles. The molecule has 1 aromatic heterocycles. The van der Waals surface area contributed by atoms with E-state index in [-0.39, 0.29) is 29.4 Å². The third-order valence-electron chi connectivity index (χ3n) is 5.33. The van der Waals surface area contributed by atoms with Gasteiger partial charge >= 0.3 is 0 Å². The van der Waals surface area contributed by atoms with Crippen molar-refractivity contribution in [2.45, 2.75) is 46.2 Å². The highest BCUT2D eigenvalue weighted by atomic mass is 127. The van der Waals surface area contributed by atoms with Crippen LogP contribution in [0.1, 0.15) is 45.0 Å².